The Morgan fingerprint density at radius 1 is 1.29 bits per heavy atom. The molecule has 5 nitrogen and oxygen atoms in total. The molecule has 0 fully saturated rings. The molecule has 3 rings (SSSR count). The predicted molar refractivity (Wildman–Crippen MR) is 64.6 cm³/mol. The van der Waals surface area contributed by atoms with Gasteiger partial charge in [-0.3, -0.25) is 19.6 Å². The van der Waals surface area contributed by atoms with Gasteiger partial charge >= 0.3 is 0 Å². The molecule has 3 aromatic rings. The van der Waals surface area contributed by atoms with Gasteiger partial charge in [0.25, 0.3) is 5.56 Å². The first-order valence-corrected chi connectivity index (χ1v) is 5.21. The molecule has 0 aromatic carbocycles. The van der Waals surface area contributed by atoms with Gasteiger partial charge in [-0.25, -0.2) is 4.98 Å². The summed E-state index contributed by atoms with van der Waals surface area (Å²) in [5, 5.41) is 3.27. The average Bonchev–Trinajstić information content (AvgIpc) is 2.66. The molecule has 0 bridgehead atoms. The van der Waals surface area contributed by atoms with Crippen molar-refractivity contribution in [1.29, 1.82) is 0 Å². The van der Waals surface area contributed by atoms with E-state index in [-0.39, 0.29) is 5.56 Å². The lowest BCUT2D eigenvalue weighted by Crippen LogP contribution is -2.01. The second-order valence-corrected chi connectivity index (χ2v) is 3.84. The summed E-state index contributed by atoms with van der Waals surface area (Å²) < 4.78 is 1.62. The number of hydrogen-bond donors (Lipinski definition) is 1. The molecule has 0 saturated carbocycles. The zero-order chi connectivity index (χ0) is 11.8. The summed E-state index contributed by atoms with van der Waals surface area (Å²) in [5.74, 6) is 0. The Hall–Kier alpha value is -2.43. The molecular weight excluding hydrogens is 216 g/mol. The van der Waals surface area contributed by atoms with Crippen LogP contribution < -0.4 is 5.56 Å². The normalized spacial score (nSPS) is 10.9. The zero-order valence-electron chi connectivity index (χ0n) is 9.21. The fraction of sp³-hybridized carbons (Fsp3) is 0.0833. The highest BCUT2D eigenvalue weighted by atomic mass is 16.1. The first kappa shape index (κ1) is 9.77. The molecule has 0 aliphatic rings. The predicted octanol–water partition coefficient (Wildman–Crippen LogP) is 1.32. The lowest BCUT2D eigenvalue weighted by atomic mass is 10.1. The van der Waals surface area contributed by atoms with Crippen LogP contribution in [0, 0.1) is 0 Å². The van der Waals surface area contributed by atoms with E-state index in [0.29, 0.717) is 11.0 Å². The van der Waals surface area contributed by atoms with Crippen LogP contribution in [0.4, 0.5) is 0 Å². The standard InChI is InChI=1S/C12H10N4O/c1-16-11-10(12(17)15-16)5-9(7-14-11)8-3-2-4-13-6-8/h2-7H,1H3,(H,15,17). The fourth-order valence-corrected chi connectivity index (χ4v) is 1.85. The van der Waals surface area contributed by atoms with Crippen LogP contribution in [0.25, 0.3) is 22.2 Å². The molecule has 0 saturated heterocycles. The Labute approximate surface area is 96.7 Å². The molecular formula is C12H10N4O. The van der Waals surface area contributed by atoms with Crippen LogP contribution in [0.2, 0.25) is 0 Å². The van der Waals surface area contributed by atoms with E-state index in [1.165, 1.54) is 0 Å². The summed E-state index contributed by atoms with van der Waals surface area (Å²) in [6, 6.07) is 5.62. The zero-order valence-corrected chi connectivity index (χ0v) is 9.21. The molecule has 0 amide bonds. The van der Waals surface area contributed by atoms with Crippen molar-refractivity contribution in [3.05, 3.63) is 47.1 Å². The number of aryl methyl sites for hydroxylation is 1. The molecule has 0 atom stereocenters. The maximum Gasteiger partial charge on any atom is 0.273 e. The van der Waals surface area contributed by atoms with Gasteiger partial charge in [-0.1, -0.05) is 6.07 Å². The van der Waals surface area contributed by atoms with E-state index in [1.54, 1.807) is 30.3 Å². The Morgan fingerprint density at radius 2 is 2.18 bits per heavy atom. The Balaban J connectivity index is 2.27. The highest BCUT2D eigenvalue weighted by molar-refractivity contribution is 5.80. The summed E-state index contributed by atoms with van der Waals surface area (Å²) in [4.78, 5) is 20.0. The Morgan fingerprint density at radius 3 is 2.94 bits per heavy atom. The van der Waals surface area contributed by atoms with Crippen LogP contribution in [-0.2, 0) is 7.05 Å². The topological polar surface area (TPSA) is 63.6 Å². The fourth-order valence-electron chi connectivity index (χ4n) is 1.85. The van der Waals surface area contributed by atoms with E-state index < -0.39 is 0 Å². The van der Waals surface area contributed by atoms with Gasteiger partial charge in [-0.05, 0) is 12.1 Å². The van der Waals surface area contributed by atoms with Crippen molar-refractivity contribution in [1.82, 2.24) is 19.7 Å². The third-order valence-corrected chi connectivity index (χ3v) is 2.69. The van der Waals surface area contributed by atoms with Gasteiger partial charge in [0, 0.05) is 36.8 Å². The number of nitrogens with zero attached hydrogens (tertiary/aromatic N) is 3. The third kappa shape index (κ3) is 1.52. The second-order valence-electron chi connectivity index (χ2n) is 3.84. The van der Waals surface area contributed by atoms with Gasteiger partial charge < -0.3 is 0 Å². The number of aromatic nitrogens is 4. The molecule has 0 aliphatic carbocycles. The summed E-state index contributed by atoms with van der Waals surface area (Å²) in [6.07, 6.45) is 5.21. The third-order valence-electron chi connectivity index (χ3n) is 2.69. The van der Waals surface area contributed by atoms with Crippen LogP contribution >= 0.6 is 0 Å². The van der Waals surface area contributed by atoms with E-state index in [4.69, 9.17) is 0 Å². The molecule has 0 radical (unpaired) electrons. The monoisotopic (exact) mass is 226 g/mol. The SMILES string of the molecule is Cn1[nH]c(=O)c2cc(-c3cccnc3)cnc21. The summed E-state index contributed by atoms with van der Waals surface area (Å²) >= 11 is 0. The minimum absolute atomic E-state index is 0.124. The van der Waals surface area contributed by atoms with E-state index in [2.05, 4.69) is 15.1 Å². The Kier molecular flexibility index (Phi) is 2.04. The number of aromatic amines is 1. The van der Waals surface area contributed by atoms with Crippen molar-refractivity contribution in [2.45, 2.75) is 0 Å². The van der Waals surface area contributed by atoms with Gasteiger partial charge in [0.05, 0.1) is 5.39 Å². The van der Waals surface area contributed by atoms with Gasteiger partial charge in [-0.15, -0.1) is 0 Å². The number of nitrogens with one attached hydrogen (secondary N) is 1. The van der Waals surface area contributed by atoms with Crippen molar-refractivity contribution >= 4 is 11.0 Å². The van der Waals surface area contributed by atoms with Crippen molar-refractivity contribution < 1.29 is 0 Å². The first-order chi connectivity index (χ1) is 8.25. The van der Waals surface area contributed by atoms with Gasteiger partial charge in [-0.2, -0.15) is 0 Å². The molecule has 0 spiro atoms. The van der Waals surface area contributed by atoms with Crippen molar-refractivity contribution in [2.75, 3.05) is 0 Å². The highest BCUT2D eigenvalue weighted by Gasteiger charge is 2.07. The number of rotatable bonds is 1. The molecule has 3 aromatic heterocycles. The molecule has 84 valence electrons. The summed E-state index contributed by atoms with van der Waals surface area (Å²) in [7, 11) is 1.76. The maximum atomic E-state index is 11.7. The largest absolute Gasteiger partial charge is 0.273 e. The van der Waals surface area contributed by atoms with Gasteiger partial charge in [0.1, 0.15) is 0 Å². The molecule has 5 heteroatoms. The van der Waals surface area contributed by atoms with E-state index in [0.717, 1.165) is 11.1 Å². The quantitative estimate of drug-likeness (QED) is 0.680. The number of hydrogen-bond acceptors (Lipinski definition) is 3. The number of fused-ring (bicyclic) bond motifs is 1. The minimum Gasteiger partial charge on any atom is -0.271 e. The molecule has 17 heavy (non-hydrogen) atoms. The van der Waals surface area contributed by atoms with Crippen LogP contribution in [0.3, 0.4) is 0 Å². The van der Waals surface area contributed by atoms with E-state index in [1.807, 2.05) is 18.2 Å². The maximum absolute atomic E-state index is 11.7. The first-order valence-electron chi connectivity index (χ1n) is 5.21. The van der Waals surface area contributed by atoms with Crippen LogP contribution in [0.5, 0.6) is 0 Å². The van der Waals surface area contributed by atoms with Gasteiger partial charge in [0.2, 0.25) is 0 Å². The smallest absolute Gasteiger partial charge is 0.271 e. The van der Waals surface area contributed by atoms with Crippen LogP contribution in [0.15, 0.2) is 41.6 Å². The van der Waals surface area contributed by atoms with Crippen molar-refractivity contribution in [3.8, 4) is 11.1 Å². The minimum atomic E-state index is -0.124. The van der Waals surface area contributed by atoms with Crippen LogP contribution in [0.1, 0.15) is 0 Å². The number of H-pyrrole nitrogens is 1. The molecule has 1 N–H and O–H groups in total. The lowest BCUT2D eigenvalue weighted by molar-refractivity contribution is 0.774. The van der Waals surface area contributed by atoms with Crippen LogP contribution in [-0.4, -0.2) is 19.7 Å². The summed E-state index contributed by atoms with van der Waals surface area (Å²) in [6.45, 7) is 0. The second kappa shape index (κ2) is 3.55. The lowest BCUT2D eigenvalue weighted by Gasteiger charge is -2.00. The average molecular weight is 226 g/mol. The van der Waals surface area contributed by atoms with Crippen molar-refractivity contribution in [2.24, 2.45) is 7.05 Å². The Bertz CT molecular complexity index is 727. The van der Waals surface area contributed by atoms with Crippen molar-refractivity contribution in [3.63, 3.8) is 0 Å². The van der Waals surface area contributed by atoms with E-state index >= 15 is 0 Å². The highest BCUT2D eigenvalue weighted by Crippen LogP contribution is 2.19. The molecule has 0 unspecified atom stereocenters. The summed E-state index contributed by atoms with van der Waals surface area (Å²) in [5.41, 5.74) is 2.37. The number of pyridine rings is 2. The van der Waals surface area contributed by atoms with Gasteiger partial charge in [0.15, 0.2) is 5.65 Å². The molecule has 3 heterocycles. The molecule has 0 aliphatic heterocycles. The van der Waals surface area contributed by atoms with E-state index in [9.17, 15) is 4.79 Å².